The number of hydrogen-bond acceptors (Lipinski definition) is 4. The molecule has 0 radical (unpaired) electrons. The number of amides is 2. The maximum atomic E-state index is 12.4. The number of fused-ring (bicyclic) bond motifs is 1. The van der Waals surface area contributed by atoms with Gasteiger partial charge in [-0.1, -0.05) is 35.9 Å². The Morgan fingerprint density at radius 3 is 2.29 bits per heavy atom. The van der Waals surface area contributed by atoms with Gasteiger partial charge in [-0.25, -0.2) is 8.42 Å². The molecular formula is C14H8ClNO4S. The molecule has 1 heterocycles. The lowest BCUT2D eigenvalue weighted by molar-refractivity contribution is 0.0740. The minimum atomic E-state index is -4.18. The first-order chi connectivity index (χ1) is 9.94. The second-order valence-corrected chi connectivity index (χ2v) is 6.52. The largest absolute Gasteiger partial charge is 0.276 e. The molecule has 0 saturated heterocycles. The molecule has 1 aliphatic heterocycles. The van der Waals surface area contributed by atoms with Crippen LogP contribution >= 0.6 is 11.6 Å². The average molecular weight is 322 g/mol. The number of halogens is 1. The highest BCUT2D eigenvalue weighted by molar-refractivity contribution is 7.90. The second kappa shape index (κ2) is 4.68. The van der Waals surface area contributed by atoms with Gasteiger partial charge in [0, 0.05) is 0 Å². The maximum Gasteiger partial charge on any atom is 0.276 e. The topological polar surface area (TPSA) is 71.5 Å². The van der Waals surface area contributed by atoms with Crippen LogP contribution in [-0.4, -0.2) is 24.5 Å². The van der Waals surface area contributed by atoms with Gasteiger partial charge in [0.25, 0.3) is 21.8 Å². The quantitative estimate of drug-likeness (QED) is 0.756. The number of imide groups is 1. The van der Waals surface area contributed by atoms with Gasteiger partial charge in [-0.05, 0) is 24.3 Å². The van der Waals surface area contributed by atoms with Gasteiger partial charge in [0.15, 0.2) is 0 Å². The normalized spacial score (nSPS) is 15.9. The van der Waals surface area contributed by atoms with Crippen LogP contribution in [0, 0.1) is 0 Å². The first kappa shape index (κ1) is 13.8. The lowest BCUT2D eigenvalue weighted by atomic mass is 10.2. The highest BCUT2D eigenvalue weighted by atomic mass is 35.5. The molecule has 0 N–H and O–H groups in total. The molecule has 2 amide bonds. The summed E-state index contributed by atoms with van der Waals surface area (Å²) in [6, 6.07) is 11.7. The summed E-state index contributed by atoms with van der Waals surface area (Å²) < 4.78 is 25.0. The van der Waals surface area contributed by atoms with Crippen molar-refractivity contribution in [3.05, 3.63) is 64.7 Å². The second-order valence-electron chi connectivity index (χ2n) is 4.36. The summed E-state index contributed by atoms with van der Waals surface area (Å²) in [6.45, 7) is 0. The Hall–Kier alpha value is -2.18. The third-order valence-corrected chi connectivity index (χ3v) is 5.16. The molecule has 0 atom stereocenters. The van der Waals surface area contributed by atoms with Gasteiger partial charge < -0.3 is 0 Å². The zero-order chi connectivity index (χ0) is 15.2. The van der Waals surface area contributed by atoms with E-state index in [-0.39, 0.29) is 25.4 Å². The summed E-state index contributed by atoms with van der Waals surface area (Å²) in [7, 11) is -4.18. The van der Waals surface area contributed by atoms with E-state index in [1.807, 2.05) is 0 Å². The summed E-state index contributed by atoms with van der Waals surface area (Å²) in [5, 5.41) is 0.0847. The van der Waals surface area contributed by atoms with E-state index in [4.69, 9.17) is 11.6 Å². The van der Waals surface area contributed by atoms with Gasteiger partial charge in [-0.2, -0.15) is 4.31 Å². The molecule has 21 heavy (non-hydrogen) atoms. The first-order valence-electron chi connectivity index (χ1n) is 5.92. The smallest absolute Gasteiger partial charge is 0.267 e. The van der Waals surface area contributed by atoms with Crippen molar-refractivity contribution < 1.29 is 18.0 Å². The fourth-order valence-electron chi connectivity index (χ4n) is 2.13. The zero-order valence-electron chi connectivity index (χ0n) is 10.5. The van der Waals surface area contributed by atoms with Crippen molar-refractivity contribution in [3.8, 4) is 0 Å². The van der Waals surface area contributed by atoms with E-state index in [9.17, 15) is 18.0 Å². The number of nitrogens with zero attached hydrogens (tertiary/aromatic N) is 1. The van der Waals surface area contributed by atoms with E-state index in [0.29, 0.717) is 0 Å². The number of carbonyl (C=O) groups excluding carboxylic acids is 2. The summed E-state index contributed by atoms with van der Waals surface area (Å²) in [4.78, 5) is 24.5. The molecule has 1 aliphatic rings. The molecule has 0 saturated carbocycles. The summed E-state index contributed by atoms with van der Waals surface area (Å²) in [5.74, 6) is -1.82. The third-order valence-electron chi connectivity index (χ3n) is 3.11. The maximum absolute atomic E-state index is 12.4. The minimum absolute atomic E-state index is 0.0158. The number of rotatable bonds is 1. The Morgan fingerprint density at radius 2 is 1.62 bits per heavy atom. The van der Waals surface area contributed by atoms with Crippen molar-refractivity contribution in [2.24, 2.45) is 0 Å². The average Bonchev–Trinajstić information content (AvgIpc) is 2.67. The van der Waals surface area contributed by atoms with Crippen molar-refractivity contribution in [1.29, 1.82) is 0 Å². The van der Waals surface area contributed by atoms with Crippen molar-refractivity contribution in [3.63, 3.8) is 0 Å². The van der Waals surface area contributed by atoms with E-state index < -0.39 is 21.8 Å². The van der Waals surface area contributed by atoms with Crippen LogP contribution in [0.2, 0.25) is 5.02 Å². The molecular weight excluding hydrogens is 314 g/mol. The Bertz CT molecular complexity index is 876. The van der Waals surface area contributed by atoms with Crippen LogP contribution in [0.3, 0.4) is 0 Å². The number of carbonyl (C=O) groups is 2. The molecule has 2 aromatic rings. The van der Waals surface area contributed by atoms with Crippen LogP contribution < -0.4 is 0 Å². The molecule has 2 aromatic carbocycles. The molecule has 106 valence electrons. The highest BCUT2D eigenvalue weighted by Gasteiger charge is 2.45. The van der Waals surface area contributed by atoms with Gasteiger partial charge >= 0.3 is 0 Å². The molecule has 0 fully saturated rings. The van der Waals surface area contributed by atoms with Crippen LogP contribution in [0.4, 0.5) is 0 Å². The Balaban J connectivity index is 2.16. The van der Waals surface area contributed by atoms with E-state index in [0.717, 1.165) is 0 Å². The highest BCUT2D eigenvalue weighted by Crippen LogP contribution is 2.32. The van der Waals surface area contributed by atoms with Crippen LogP contribution in [0.5, 0.6) is 0 Å². The number of benzene rings is 2. The Morgan fingerprint density at radius 1 is 1.00 bits per heavy atom. The van der Waals surface area contributed by atoms with E-state index in [1.54, 1.807) is 12.1 Å². The van der Waals surface area contributed by atoms with E-state index >= 15 is 0 Å². The third kappa shape index (κ3) is 1.95. The van der Waals surface area contributed by atoms with Crippen LogP contribution in [0.25, 0.3) is 0 Å². The number of hydrogen-bond donors (Lipinski definition) is 0. The van der Waals surface area contributed by atoms with Crippen molar-refractivity contribution in [2.45, 2.75) is 4.90 Å². The van der Waals surface area contributed by atoms with Gasteiger partial charge in [-0.15, -0.1) is 0 Å². The van der Waals surface area contributed by atoms with Crippen LogP contribution in [-0.2, 0) is 10.0 Å². The summed E-state index contributed by atoms with van der Waals surface area (Å²) >= 11 is 5.90. The lowest BCUT2D eigenvalue weighted by Gasteiger charge is -2.13. The molecule has 5 nitrogen and oxygen atoms in total. The zero-order valence-corrected chi connectivity index (χ0v) is 12.1. The van der Waals surface area contributed by atoms with Gasteiger partial charge in [0.2, 0.25) is 0 Å². The Labute approximate surface area is 125 Å². The van der Waals surface area contributed by atoms with Gasteiger partial charge in [0.05, 0.1) is 16.1 Å². The monoisotopic (exact) mass is 321 g/mol. The number of sulfonamides is 1. The van der Waals surface area contributed by atoms with Crippen molar-refractivity contribution >= 4 is 33.4 Å². The van der Waals surface area contributed by atoms with Gasteiger partial charge in [0.1, 0.15) is 4.90 Å². The molecule has 0 aliphatic carbocycles. The van der Waals surface area contributed by atoms with Crippen LogP contribution in [0.15, 0.2) is 53.4 Å². The van der Waals surface area contributed by atoms with E-state index in [2.05, 4.69) is 0 Å². The summed E-state index contributed by atoms with van der Waals surface area (Å²) in [5.41, 5.74) is -0.0539. The molecule has 0 bridgehead atoms. The standard InChI is InChI=1S/C14H8ClNO4S/c15-11-7-3-1-5-9(11)13(17)16-14(18)10-6-2-4-8-12(10)21(16,19)20/h1-8H. The fraction of sp³-hybridized carbons (Fsp3) is 0. The molecule has 3 rings (SSSR count). The predicted molar refractivity (Wildman–Crippen MR) is 75.6 cm³/mol. The summed E-state index contributed by atoms with van der Waals surface area (Å²) in [6.07, 6.45) is 0. The Kier molecular flexibility index (Phi) is 3.07. The van der Waals surface area contributed by atoms with Crippen molar-refractivity contribution in [1.82, 2.24) is 4.31 Å². The SMILES string of the molecule is O=C(c1ccccc1Cl)N1C(=O)c2ccccc2S1(=O)=O. The molecule has 0 aromatic heterocycles. The van der Waals surface area contributed by atoms with E-state index in [1.165, 1.54) is 36.4 Å². The van der Waals surface area contributed by atoms with Crippen molar-refractivity contribution in [2.75, 3.05) is 0 Å². The molecule has 0 unspecified atom stereocenters. The fourth-order valence-corrected chi connectivity index (χ4v) is 3.86. The predicted octanol–water partition coefficient (Wildman–Crippen LogP) is 2.32. The molecule has 0 spiro atoms. The van der Waals surface area contributed by atoms with Crippen LogP contribution in [0.1, 0.15) is 20.7 Å². The lowest BCUT2D eigenvalue weighted by Crippen LogP contribution is -2.36. The first-order valence-corrected chi connectivity index (χ1v) is 7.74. The molecule has 7 heteroatoms. The minimum Gasteiger partial charge on any atom is -0.267 e. The van der Waals surface area contributed by atoms with Gasteiger partial charge in [-0.3, -0.25) is 9.59 Å².